The largest absolute Gasteiger partial charge is 0.378 e. The molecule has 0 spiro atoms. The van der Waals surface area contributed by atoms with Crippen LogP contribution in [0.5, 0.6) is 0 Å². The monoisotopic (exact) mass is 263 g/mol. The predicted molar refractivity (Wildman–Crippen MR) is 74.3 cm³/mol. The first-order valence-corrected chi connectivity index (χ1v) is 7.28. The van der Waals surface area contributed by atoms with E-state index < -0.39 is 0 Å². The Balaban J connectivity index is 1.86. The molecule has 1 aliphatic heterocycles. The van der Waals surface area contributed by atoms with Crippen molar-refractivity contribution in [1.82, 2.24) is 9.97 Å². The van der Waals surface area contributed by atoms with E-state index >= 15 is 0 Å². The van der Waals surface area contributed by atoms with Gasteiger partial charge < -0.3 is 10.1 Å². The van der Waals surface area contributed by atoms with Gasteiger partial charge in [-0.05, 0) is 30.7 Å². The number of aromatic nitrogens is 2. The quantitative estimate of drug-likeness (QED) is 0.925. The van der Waals surface area contributed by atoms with Gasteiger partial charge in [-0.2, -0.15) is 0 Å². The lowest BCUT2D eigenvalue weighted by molar-refractivity contribution is 0.0157. The average molecular weight is 263 g/mol. The zero-order valence-electron chi connectivity index (χ0n) is 10.5. The highest BCUT2D eigenvalue weighted by Gasteiger charge is 2.17. The molecule has 3 rings (SSSR count). The molecule has 1 atom stereocenters. The van der Waals surface area contributed by atoms with Gasteiger partial charge in [0, 0.05) is 20.1 Å². The van der Waals surface area contributed by atoms with Crippen LogP contribution in [0.25, 0.3) is 10.2 Å². The van der Waals surface area contributed by atoms with E-state index in [2.05, 4.69) is 26.7 Å². The van der Waals surface area contributed by atoms with Gasteiger partial charge in [-0.25, -0.2) is 9.97 Å². The van der Waals surface area contributed by atoms with Gasteiger partial charge in [0.1, 0.15) is 16.5 Å². The molecule has 1 fully saturated rings. The van der Waals surface area contributed by atoms with E-state index in [1.54, 1.807) is 11.3 Å². The fourth-order valence-electron chi connectivity index (χ4n) is 2.35. The van der Waals surface area contributed by atoms with Crippen molar-refractivity contribution in [2.24, 2.45) is 0 Å². The molecule has 1 saturated heterocycles. The Morgan fingerprint density at radius 3 is 3.17 bits per heavy atom. The van der Waals surface area contributed by atoms with Crippen LogP contribution in [0, 0.1) is 0 Å². The minimum atomic E-state index is 0.292. The van der Waals surface area contributed by atoms with Crippen molar-refractivity contribution in [1.29, 1.82) is 0 Å². The number of nitrogens with zero attached hydrogens (tertiary/aromatic N) is 2. The Morgan fingerprint density at radius 1 is 1.44 bits per heavy atom. The third kappa shape index (κ3) is 2.33. The van der Waals surface area contributed by atoms with Crippen LogP contribution in [0.15, 0.2) is 11.4 Å². The van der Waals surface area contributed by atoms with Crippen molar-refractivity contribution < 1.29 is 4.74 Å². The number of fused-ring (bicyclic) bond motifs is 1. The fourth-order valence-corrected chi connectivity index (χ4v) is 3.14. The van der Waals surface area contributed by atoms with Crippen molar-refractivity contribution >= 4 is 27.4 Å². The molecule has 0 saturated carbocycles. The third-order valence-electron chi connectivity index (χ3n) is 3.29. The number of nitrogens with one attached hydrogen (secondary N) is 1. The zero-order chi connectivity index (χ0) is 12.4. The van der Waals surface area contributed by atoms with Crippen LogP contribution < -0.4 is 5.32 Å². The first-order chi connectivity index (χ1) is 8.86. The van der Waals surface area contributed by atoms with Crippen molar-refractivity contribution in [3.63, 3.8) is 0 Å². The maximum Gasteiger partial charge on any atom is 0.138 e. The Bertz CT molecular complexity index is 534. The number of thiophene rings is 1. The third-order valence-corrected chi connectivity index (χ3v) is 4.10. The highest BCUT2D eigenvalue weighted by Crippen LogP contribution is 2.25. The Hall–Kier alpha value is -1.20. The van der Waals surface area contributed by atoms with Crippen LogP contribution in [0.4, 0.5) is 5.82 Å². The molecule has 0 aliphatic carbocycles. The average Bonchev–Trinajstić information content (AvgIpc) is 2.87. The highest BCUT2D eigenvalue weighted by atomic mass is 32.1. The number of rotatable bonds is 3. The van der Waals surface area contributed by atoms with Crippen LogP contribution in [-0.2, 0) is 11.2 Å². The molecular weight excluding hydrogens is 246 g/mol. The Kier molecular flexibility index (Phi) is 3.43. The molecule has 18 heavy (non-hydrogen) atoms. The molecule has 1 unspecified atom stereocenters. The van der Waals surface area contributed by atoms with Crippen LogP contribution >= 0.6 is 11.3 Å². The molecule has 5 heteroatoms. The summed E-state index contributed by atoms with van der Waals surface area (Å²) in [5.74, 6) is 1.81. The molecule has 0 radical (unpaired) electrons. The molecule has 0 amide bonds. The van der Waals surface area contributed by atoms with Crippen molar-refractivity contribution in [3.05, 3.63) is 17.3 Å². The summed E-state index contributed by atoms with van der Waals surface area (Å²) >= 11 is 1.66. The molecule has 3 heterocycles. The second-order valence-corrected chi connectivity index (χ2v) is 5.47. The SMILES string of the molecule is CNc1nc(CC2CCCCO2)nc2sccc12. The van der Waals surface area contributed by atoms with Gasteiger partial charge in [0.2, 0.25) is 0 Å². The van der Waals surface area contributed by atoms with Crippen LogP contribution in [-0.4, -0.2) is 29.7 Å². The van der Waals surface area contributed by atoms with E-state index in [1.165, 1.54) is 12.8 Å². The normalized spacial score (nSPS) is 20.2. The molecule has 0 bridgehead atoms. The first-order valence-electron chi connectivity index (χ1n) is 6.40. The molecule has 96 valence electrons. The molecule has 1 aliphatic rings. The van der Waals surface area contributed by atoms with E-state index in [0.717, 1.165) is 41.3 Å². The second-order valence-electron chi connectivity index (χ2n) is 4.57. The number of anilines is 1. The van der Waals surface area contributed by atoms with Gasteiger partial charge in [-0.15, -0.1) is 11.3 Å². The van der Waals surface area contributed by atoms with Gasteiger partial charge in [-0.1, -0.05) is 0 Å². The fraction of sp³-hybridized carbons (Fsp3) is 0.538. The summed E-state index contributed by atoms with van der Waals surface area (Å²) in [6.07, 6.45) is 4.68. The van der Waals surface area contributed by atoms with Gasteiger partial charge >= 0.3 is 0 Å². The Morgan fingerprint density at radius 2 is 2.39 bits per heavy atom. The summed E-state index contributed by atoms with van der Waals surface area (Å²) in [4.78, 5) is 10.3. The van der Waals surface area contributed by atoms with E-state index in [0.29, 0.717) is 6.10 Å². The van der Waals surface area contributed by atoms with Crippen LogP contribution in [0.1, 0.15) is 25.1 Å². The zero-order valence-corrected chi connectivity index (χ0v) is 11.3. The summed E-state index contributed by atoms with van der Waals surface area (Å²) in [7, 11) is 1.90. The first kappa shape index (κ1) is 11.9. The van der Waals surface area contributed by atoms with Crippen molar-refractivity contribution in [2.45, 2.75) is 31.8 Å². The van der Waals surface area contributed by atoms with Gasteiger partial charge in [-0.3, -0.25) is 0 Å². The number of hydrogen-bond donors (Lipinski definition) is 1. The smallest absolute Gasteiger partial charge is 0.138 e. The van der Waals surface area contributed by atoms with E-state index in [9.17, 15) is 0 Å². The van der Waals surface area contributed by atoms with Crippen LogP contribution in [0.3, 0.4) is 0 Å². The van der Waals surface area contributed by atoms with Gasteiger partial charge in [0.25, 0.3) is 0 Å². The van der Waals surface area contributed by atoms with Gasteiger partial charge in [0.05, 0.1) is 11.5 Å². The van der Waals surface area contributed by atoms with E-state index in [1.807, 2.05) is 7.05 Å². The molecule has 4 nitrogen and oxygen atoms in total. The molecule has 2 aromatic rings. The summed E-state index contributed by atoms with van der Waals surface area (Å²) < 4.78 is 5.75. The van der Waals surface area contributed by atoms with E-state index in [4.69, 9.17) is 4.74 Å². The minimum Gasteiger partial charge on any atom is -0.378 e. The maximum atomic E-state index is 5.75. The van der Waals surface area contributed by atoms with Gasteiger partial charge in [0.15, 0.2) is 0 Å². The minimum absolute atomic E-state index is 0.292. The molecule has 0 aromatic carbocycles. The second kappa shape index (κ2) is 5.20. The maximum absolute atomic E-state index is 5.75. The van der Waals surface area contributed by atoms with E-state index in [-0.39, 0.29) is 0 Å². The molecular formula is C13H17N3OS. The van der Waals surface area contributed by atoms with Crippen molar-refractivity contribution in [2.75, 3.05) is 19.0 Å². The van der Waals surface area contributed by atoms with Crippen LogP contribution in [0.2, 0.25) is 0 Å². The van der Waals surface area contributed by atoms with Crippen molar-refractivity contribution in [3.8, 4) is 0 Å². The topological polar surface area (TPSA) is 47.0 Å². The highest BCUT2D eigenvalue weighted by molar-refractivity contribution is 7.16. The molecule has 2 aromatic heterocycles. The number of ether oxygens (including phenoxy) is 1. The summed E-state index contributed by atoms with van der Waals surface area (Å²) in [6.45, 7) is 0.880. The summed E-state index contributed by atoms with van der Waals surface area (Å²) in [6, 6.07) is 2.06. The lowest BCUT2D eigenvalue weighted by atomic mass is 10.1. The number of hydrogen-bond acceptors (Lipinski definition) is 5. The lowest BCUT2D eigenvalue weighted by Gasteiger charge is -2.21. The Labute approximate surface area is 110 Å². The predicted octanol–water partition coefficient (Wildman–Crippen LogP) is 2.84. The summed E-state index contributed by atoms with van der Waals surface area (Å²) in [5, 5.41) is 6.31. The molecule has 1 N–H and O–H groups in total. The lowest BCUT2D eigenvalue weighted by Crippen LogP contribution is -2.22. The standard InChI is InChI=1S/C13H17N3OS/c1-14-12-10-5-7-18-13(10)16-11(15-12)8-9-4-2-3-6-17-9/h5,7,9H,2-4,6,8H2,1H3,(H,14,15,16). The summed E-state index contributed by atoms with van der Waals surface area (Å²) in [5.41, 5.74) is 0.